The largest absolute Gasteiger partial charge is 0.490 e. The average Bonchev–Trinajstić information content (AvgIpc) is 2.62. The highest BCUT2D eigenvalue weighted by Gasteiger charge is 2.33. The fourth-order valence-corrected chi connectivity index (χ4v) is 3.51. The monoisotopic (exact) mass is 454 g/mol. The first-order chi connectivity index (χ1) is 13.3. The molecule has 1 aliphatic carbocycles. The molecule has 0 bridgehead atoms. The summed E-state index contributed by atoms with van der Waals surface area (Å²) in [5.74, 6) is -0.772. The third-order valence-electron chi connectivity index (χ3n) is 5.41. The van der Waals surface area contributed by atoms with Crippen LogP contribution < -0.4 is 20.3 Å². The van der Waals surface area contributed by atoms with Gasteiger partial charge in [0.1, 0.15) is 23.7 Å². The number of benzene rings is 1. The van der Waals surface area contributed by atoms with E-state index in [9.17, 15) is 13.6 Å². The molecule has 6 nitrogen and oxygen atoms in total. The number of carbonyl (C=O) groups is 1. The highest BCUT2D eigenvalue weighted by Crippen LogP contribution is 2.36. The van der Waals surface area contributed by atoms with Crippen LogP contribution in [0.15, 0.2) is 24.3 Å². The Morgan fingerprint density at radius 1 is 1.19 bits per heavy atom. The first kappa shape index (κ1) is 26.5. The molecule has 9 heteroatoms. The van der Waals surface area contributed by atoms with Gasteiger partial charge in [-0.3, -0.25) is 4.79 Å². The van der Waals surface area contributed by atoms with E-state index in [2.05, 4.69) is 15.6 Å². The zero-order valence-electron chi connectivity index (χ0n) is 16.4. The SMILES string of the molecule is C.C.Cc1nc(NC2CC(Oc3ccc(F)c(F)c3)C2)cc2c1NC(=O)[C@H](C)N2C.S. The lowest BCUT2D eigenvalue weighted by molar-refractivity contribution is -0.117. The molecule has 0 saturated heterocycles. The van der Waals surface area contributed by atoms with E-state index < -0.39 is 11.6 Å². The summed E-state index contributed by atoms with van der Waals surface area (Å²) in [6.07, 6.45) is 1.42. The van der Waals surface area contributed by atoms with Crippen LogP contribution in [0.3, 0.4) is 0 Å². The van der Waals surface area contributed by atoms with E-state index in [-0.39, 0.29) is 52.4 Å². The predicted octanol–water partition coefficient (Wildman–Crippen LogP) is 4.85. The van der Waals surface area contributed by atoms with Crippen molar-refractivity contribution in [1.82, 2.24) is 4.98 Å². The van der Waals surface area contributed by atoms with Crippen molar-refractivity contribution in [3.05, 3.63) is 41.6 Å². The molecule has 0 spiro atoms. The van der Waals surface area contributed by atoms with Crippen LogP contribution in [0.25, 0.3) is 0 Å². The number of aryl methyl sites for hydroxylation is 1. The van der Waals surface area contributed by atoms with Gasteiger partial charge in [-0.05, 0) is 26.0 Å². The third-order valence-corrected chi connectivity index (χ3v) is 5.41. The summed E-state index contributed by atoms with van der Waals surface area (Å²) in [5.41, 5.74) is 2.42. The summed E-state index contributed by atoms with van der Waals surface area (Å²) in [4.78, 5) is 18.5. The van der Waals surface area contributed by atoms with Gasteiger partial charge in [-0.25, -0.2) is 13.8 Å². The lowest BCUT2D eigenvalue weighted by atomic mass is 9.89. The van der Waals surface area contributed by atoms with Crippen LogP contribution >= 0.6 is 13.5 Å². The van der Waals surface area contributed by atoms with Gasteiger partial charge in [-0.1, -0.05) is 14.9 Å². The van der Waals surface area contributed by atoms with Crippen LogP contribution in [0.1, 0.15) is 40.3 Å². The maximum atomic E-state index is 13.3. The Kier molecular flexibility index (Phi) is 8.69. The number of likely N-dealkylation sites (N-methyl/N-ethyl adjacent to an activating group) is 1. The van der Waals surface area contributed by atoms with Crippen LogP contribution in [-0.2, 0) is 4.79 Å². The number of fused-ring (bicyclic) bond motifs is 1. The van der Waals surface area contributed by atoms with Gasteiger partial charge in [0.15, 0.2) is 11.6 Å². The molecule has 2 aromatic rings. The molecular weight excluding hydrogens is 422 g/mol. The quantitative estimate of drug-likeness (QED) is 0.691. The minimum Gasteiger partial charge on any atom is -0.490 e. The van der Waals surface area contributed by atoms with Crippen molar-refractivity contribution < 1.29 is 18.3 Å². The summed E-state index contributed by atoms with van der Waals surface area (Å²) < 4.78 is 31.9. The zero-order chi connectivity index (χ0) is 20.0. The molecular formula is C22H32F2N4O2S. The Morgan fingerprint density at radius 2 is 1.87 bits per heavy atom. The third kappa shape index (κ3) is 5.20. The molecule has 0 unspecified atom stereocenters. The molecule has 1 atom stereocenters. The Labute approximate surface area is 189 Å². The molecule has 2 heterocycles. The summed E-state index contributed by atoms with van der Waals surface area (Å²) in [7, 11) is 1.89. The van der Waals surface area contributed by atoms with Gasteiger partial charge < -0.3 is 20.3 Å². The van der Waals surface area contributed by atoms with Crippen LogP contribution in [0.2, 0.25) is 0 Å². The number of nitrogens with zero attached hydrogens (tertiary/aromatic N) is 2. The number of pyridine rings is 1. The first-order valence-electron chi connectivity index (χ1n) is 9.25. The number of aromatic nitrogens is 1. The van der Waals surface area contributed by atoms with Gasteiger partial charge >= 0.3 is 0 Å². The van der Waals surface area contributed by atoms with Crippen molar-refractivity contribution in [2.75, 3.05) is 22.6 Å². The molecule has 1 amide bonds. The molecule has 4 rings (SSSR count). The molecule has 2 N–H and O–H groups in total. The van der Waals surface area contributed by atoms with Gasteiger partial charge in [0, 0.05) is 38.1 Å². The van der Waals surface area contributed by atoms with E-state index >= 15 is 0 Å². The second kappa shape index (κ2) is 10.2. The van der Waals surface area contributed by atoms with Crippen LogP contribution in [0.4, 0.5) is 26.0 Å². The standard InChI is InChI=1S/C20H22F2N4O2.2CH4.H2S/c1-10-19-17(26(3)11(2)20(27)25-19)9-18(23-10)24-12-6-14(7-12)28-13-4-5-15(21)16(22)8-13;;;/h4-5,8-9,11-12,14H,6-7H2,1-3H3,(H,23,24)(H,25,27);2*1H4;1H2/t11-,12?,14?;;;/m0.../s1. The number of hydrogen-bond donors (Lipinski definition) is 2. The molecule has 31 heavy (non-hydrogen) atoms. The van der Waals surface area contributed by atoms with Crippen molar-refractivity contribution in [2.24, 2.45) is 0 Å². The van der Waals surface area contributed by atoms with Gasteiger partial charge in [0.25, 0.3) is 0 Å². The minimum absolute atomic E-state index is 0. The second-order valence-electron chi connectivity index (χ2n) is 7.39. The highest BCUT2D eigenvalue weighted by molar-refractivity contribution is 7.59. The van der Waals surface area contributed by atoms with E-state index in [1.165, 1.54) is 6.07 Å². The number of carbonyl (C=O) groups excluding carboxylic acids is 1. The molecule has 1 aliphatic heterocycles. The van der Waals surface area contributed by atoms with Crippen molar-refractivity contribution in [2.45, 2.75) is 59.7 Å². The highest BCUT2D eigenvalue weighted by atomic mass is 32.1. The minimum atomic E-state index is -0.911. The number of rotatable bonds is 4. The van der Waals surface area contributed by atoms with E-state index in [1.54, 1.807) is 0 Å². The van der Waals surface area contributed by atoms with E-state index in [0.717, 1.165) is 47.9 Å². The van der Waals surface area contributed by atoms with Crippen molar-refractivity contribution in [1.29, 1.82) is 0 Å². The summed E-state index contributed by atoms with van der Waals surface area (Å²) >= 11 is 0. The summed E-state index contributed by atoms with van der Waals surface area (Å²) in [6.45, 7) is 3.72. The van der Waals surface area contributed by atoms with Crippen LogP contribution in [0.5, 0.6) is 5.75 Å². The number of halogens is 2. The number of nitrogens with one attached hydrogen (secondary N) is 2. The smallest absolute Gasteiger partial charge is 0.246 e. The van der Waals surface area contributed by atoms with Gasteiger partial charge in [-0.2, -0.15) is 13.5 Å². The average molecular weight is 455 g/mol. The molecule has 0 radical (unpaired) electrons. The summed E-state index contributed by atoms with van der Waals surface area (Å²) in [6, 6.07) is 5.42. The van der Waals surface area contributed by atoms with Crippen molar-refractivity contribution >= 4 is 36.6 Å². The normalized spacial score (nSPS) is 21.3. The molecule has 1 saturated carbocycles. The molecule has 1 fully saturated rings. The van der Waals surface area contributed by atoms with E-state index in [4.69, 9.17) is 4.74 Å². The Morgan fingerprint density at radius 3 is 2.52 bits per heavy atom. The maximum absolute atomic E-state index is 13.3. The van der Waals surface area contributed by atoms with E-state index in [1.807, 2.05) is 31.9 Å². The molecule has 2 aliphatic rings. The van der Waals surface area contributed by atoms with Gasteiger partial charge in [-0.15, -0.1) is 0 Å². The lowest BCUT2D eigenvalue weighted by Gasteiger charge is -2.37. The van der Waals surface area contributed by atoms with Crippen molar-refractivity contribution in [3.63, 3.8) is 0 Å². The Bertz CT molecular complexity index is 938. The number of anilines is 3. The summed E-state index contributed by atoms with van der Waals surface area (Å²) in [5, 5.41) is 6.30. The predicted molar refractivity (Wildman–Crippen MR) is 127 cm³/mol. The second-order valence-corrected chi connectivity index (χ2v) is 7.39. The van der Waals surface area contributed by atoms with Crippen molar-refractivity contribution in [3.8, 4) is 5.75 Å². The molecule has 172 valence electrons. The first-order valence-corrected chi connectivity index (χ1v) is 9.25. The maximum Gasteiger partial charge on any atom is 0.246 e. The molecule has 1 aromatic heterocycles. The van der Waals surface area contributed by atoms with Crippen LogP contribution in [0, 0.1) is 18.6 Å². The van der Waals surface area contributed by atoms with E-state index in [0.29, 0.717) is 5.75 Å². The topological polar surface area (TPSA) is 66.5 Å². The number of ether oxygens (including phenoxy) is 1. The zero-order valence-corrected chi connectivity index (χ0v) is 17.4. The fourth-order valence-electron chi connectivity index (χ4n) is 3.51. The Hall–Kier alpha value is -2.55. The lowest BCUT2D eigenvalue weighted by Crippen LogP contribution is -2.45. The number of amides is 1. The number of hydrogen-bond acceptors (Lipinski definition) is 5. The van der Waals surface area contributed by atoms with Gasteiger partial charge in [0.05, 0.1) is 17.1 Å². The molecule has 1 aromatic carbocycles. The Balaban J connectivity index is 0.00000160. The fraction of sp³-hybridized carbons (Fsp3) is 0.455. The van der Waals surface area contributed by atoms with Gasteiger partial charge in [0.2, 0.25) is 5.91 Å². The van der Waals surface area contributed by atoms with Crippen LogP contribution in [-0.4, -0.2) is 36.1 Å².